The number of rotatable bonds is 4. The first-order valence-corrected chi connectivity index (χ1v) is 9.09. The average molecular weight is 348 g/mol. The first-order chi connectivity index (χ1) is 9.06. The Morgan fingerprint density at radius 1 is 1.37 bits per heavy atom. The Kier molecular flexibility index (Phi) is 4.86. The minimum Gasteiger partial charge on any atom is -0.374 e. The van der Waals surface area contributed by atoms with E-state index in [0.29, 0.717) is 11.5 Å². The van der Waals surface area contributed by atoms with Crippen molar-refractivity contribution in [1.29, 1.82) is 0 Å². The fraction of sp³-hybridized carbons (Fsp3) is 0.538. The number of hydrogen-bond acceptors (Lipinski definition) is 4. The number of halogens is 1. The third-order valence-corrected chi connectivity index (χ3v) is 5.72. The fourth-order valence-corrected chi connectivity index (χ4v) is 3.35. The van der Waals surface area contributed by atoms with Crippen molar-refractivity contribution in [3.8, 4) is 0 Å². The number of nitrogens with zero attached hydrogens (tertiary/aromatic N) is 1. The Morgan fingerprint density at radius 3 is 2.63 bits per heavy atom. The average Bonchev–Trinajstić information content (AvgIpc) is 2.47. The van der Waals surface area contributed by atoms with Gasteiger partial charge in [0.05, 0.1) is 23.4 Å². The van der Waals surface area contributed by atoms with E-state index in [1.54, 1.807) is 19.1 Å². The van der Waals surface area contributed by atoms with E-state index in [9.17, 15) is 8.42 Å². The van der Waals surface area contributed by atoms with Crippen molar-refractivity contribution >= 4 is 31.5 Å². The first kappa shape index (κ1) is 14.8. The summed E-state index contributed by atoms with van der Waals surface area (Å²) < 4.78 is 29.1. The van der Waals surface area contributed by atoms with Gasteiger partial charge in [-0.2, -0.15) is 0 Å². The topological polar surface area (TPSA) is 46.6 Å². The van der Waals surface area contributed by atoms with Crippen LogP contribution in [0.5, 0.6) is 0 Å². The molecule has 0 aliphatic carbocycles. The molecule has 0 radical (unpaired) electrons. The Labute approximate surface area is 122 Å². The van der Waals surface area contributed by atoms with Crippen LogP contribution in [0.2, 0.25) is 0 Å². The summed E-state index contributed by atoms with van der Waals surface area (Å²) in [6.07, 6.45) is 0.188. The lowest BCUT2D eigenvalue weighted by molar-refractivity contribution is 0.0571. The second-order valence-electron chi connectivity index (χ2n) is 4.49. The third kappa shape index (κ3) is 3.49. The van der Waals surface area contributed by atoms with Gasteiger partial charge in [0.25, 0.3) is 0 Å². The first-order valence-electron chi connectivity index (χ1n) is 6.32. The molecule has 1 atom stereocenters. The zero-order chi connectivity index (χ0) is 13.9. The van der Waals surface area contributed by atoms with E-state index < -0.39 is 9.84 Å². The smallest absolute Gasteiger partial charge is 0.178 e. The van der Waals surface area contributed by atoms with E-state index in [1.165, 1.54) is 0 Å². The van der Waals surface area contributed by atoms with E-state index in [4.69, 9.17) is 4.74 Å². The molecule has 0 amide bonds. The summed E-state index contributed by atoms with van der Waals surface area (Å²) in [6, 6.07) is 7.12. The van der Waals surface area contributed by atoms with Gasteiger partial charge in [-0.1, -0.05) is 22.9 Å². The molecule has 0 saturated carbocycles. The molecule has 1 aromatic rings. The van der Waals surface area contributed by atoms with Gasteiger partial charge in [-0.25, -0.2) is 8.42 Å². The number of alkyl halides is 1. The fourth-order valence-electron chi connectivity index (χ4n) is 2.08. The van der Waals surface area contributed by atoms with Crippen molar-refractivity contribution in [2.45, 2.75) is 17.9 Å². The maximum absolute atomic E-state index is 11.7. The summed E-state index contributed by atoms with van der Waals surface area (Å²) in [5.74, 6) is 0.134. The highest BCUT2D eigenvalue weighted by molar-refractivity contribution is 9.09. The summed E-state index contributed by atoms with van der Waals surface area (Å²) in [5, 5.41) is 0.811. The number of benzene rings is 1. The lowest BCUT2D eigenvalue weighted by atomic mass is 10.2. The molecule has 2 rings (SSSR count). The number of hydrogen-bond donors (Lipinski definition) is 0. The van der Waals surface area contributed by atoms with Crippen LogP contribution in [0.3, 0.4) is 0 Å². The zero-order valence-corrected chi connectivity index (χ0v) is 13.3. The molecular formula is C13H18BrNO3S. The van der Waals surface area contributed by atoms with Crippen LogP contribution in [0.1, 0.15) is 6.92 Å². The molecule has 19 heavy (non-hydrogen) atoms. The quantitative estimate of drug-likeness (QED) is 0.782. The van der Waals surface area contributed by atoms with Gasteiger partial charge in [0.1, 0.15) is 0 Å². The van der Waals surface area contributed by atoms with Crippen molar-refractivity contribution < 1.29 is 13.2 Å². The van der Waals surface area contributed by atoms with Crippen molar-refractivity contribution in [2.24, 2.45) is 0 Å². The largest absolute Gasteiger partial charge is 0.374 e. The van der Waals surface area contributed by atoms with Crippen LogP contribution in [0.25, 0.3) is 0 Å². The standard InChI is InChI=1S/C13H18BrNO3S/c1-2-19(16,17)13-5-3-11(4-6-13)15-7-8-18-12(9-14)10-15/h3-6,12H,2,7-10H2,1H3. The van der Waals surface area contributed by atoms with Gasteiger partial charge in [0.2, 0.25) is 0 Å². The number of anilines is 1. The molecular weight excluding hydrogens is 330 g/mol. The molecule has 1 aromatic carbocycles. The molecule has 1 heterocycles. The van der Waals surface area contributed by atoms with Gasteiger partial charge in [-0.05, 0) is 24.3 Å². The predicted octanol–water partition coefficient (Wildman–Crippen LogP) is 2.08. The summed E-state index contributed by atoms with van der Waals surface area (Å²) >= 11 is 3.43. The monoisotopic (exact) mass is 347 g/mol. The zero-order valence-electron chi connectivity index (χ0n) is 10.9. The van der Waals surface area contributed by atoms with Crippen LogP contribution in [-0.4, -0.2) is 45.3 Å². The van der Waals surface area contributed by atoms with Crippen LogP contribution in [0, 0.1) is 0 Å². The number of ether oxygens (including phenoxy) is 1. The summed E-state index contributed by atoms with van der Waals surface area (Å²) in [7, 11) is -3.11. The van der Waals surface area contributed by atoms with Crippen molar-refractivity contribution in [2.75, 3.05) is 35.7 Å². The van der Waals surface area contributed by atoms with E-state index >= 15 is 0 Å². The summed E-state index contributed by atoms with van der Waals surface area (Å²) in [5.41, 5.74) is 1.05. The van der Waals surface area contributed by atoms with Gasteiger partial charge in [-0.3, -0.25) is 0 Å². The van der Waals surface area contributed by atoms with Crippen molar-refractivity contribution in [3.05, 3.63) is 24.3 Å². The van der Waals surface area contributed by atoms with Gasteiger partial charge < -0.3 is 9.64 Å². The summed E-state index contributed by atoms with van der Waals surface area (Å²) in [4.78, 5) is 2.61. The lowest BCUT2D eigenvalue weighted by Crippen LogP contribution is -2.43. The SMILES string of the molecule is CCS(=O)(=O)c1ccc(N2CCOC(CBr)C2)cc1. The molecule has 0 aromatic heterocycles. The maximum atomic E-state index is 11.7. The second kappa shape index (κ2) is 6.24. The van der Waals surface area contributed by atoms with Gasteiger partial charge in [0, 0.05) is 24.1 Å². The minimum atomic E-state index is -3.11. The van der Waals surface area contributed by atoms with Crippen LogP contribution >= 0.6 is 15.9 Å². The van der Waals surface area contributed by atoms with Crippen LogP contribution in [0.15, 0.2) is 29.2 Å². The Morgan fingerprint density at radius 2 is 2.05 bits per heavy atom. The van der Waals surface area contributed by atoms with Gasteiger partial charge >= 0.3 is 0 Å². The normalized spacial score (nSPS) is 20.5. The Bertz CT molecular complexity index is 515. The highest BCUT2D eigenvalue weighted by Crippen LogP contribution is 2.21. The molecule has 0 bridgehead atoms. The highest BCUT2D eigenvalue weighted by atomic mass is 79.9. The van der Waals surface area contributed by atoms with Crippen LogP contribution in [0.4, 0.5) is 5.69 Å². The van der Waals surface area contributed by atoms with E-state index in [1.807, 2.05) is 12.1 Å². The van der Waals surface area contributed by atoms with Crippen molar-refractivity contribution in [1.82, 2.24) is 0 Å². The second-order valence-corrected chi connectivity index (χ2v) is 7.42. The molecule has 1 aliphatic heterocycles. The van der Waals surface area contributed by atoms with Gasteiger partial charge in [-0.15, -0.1) is 0 Å². The van der Waals surface area contributed by atoms with E-state index in [2.05, 4.69) is 20.8 Å². The van der Waals surface area contributed by atoms with Crippen molar-refractivity contribution in [3.63, 3.8) is 0 Å². The Hall–Kier alpha value is -0.590. The minimum absolute atomic E-state index is 0.134. The van der Waals surface area contributed by atoms with E-state index in [0.717, 1.165) is 24.1 Å². The van der Waals surface area contributed by atoms with E-state index in [-0.39, 0.29) is 11.9 Å². The third-order valence-electron chi connectivity index (χ3n) is 3.25. The molecule has 1 unspecified atom stereocenters. The van der Waals surface area contributed by atoms with Gasteiger partial charge in [0.15, 0.2) is 9.84 Å². The predicted molar refractivity (Wildman–Crippen MR) is 79.9 cm³/mol. The highest BCUT2D eigenvalue weighted by Gasteiger charge is 2.20. The maximum Gasteiger partial charge on any atom is 0.178 e. The Balaban J connectivity index is 2.14. The van der Waals surface area contributed by atoms with Crippen LogP contribution < -0.4 is 4.90 Å². The molecule has 1 aliphatic rings. The lowest BCUT2D eigenvalue weighted by Gasteiger charge is -2.33. The summed E-state index contributed by atoms with van der Waals surface area (Å²) in [6.45, 7) is 4.02. The molecule has 0 N–H and O–H groups in total. The molecule has 4 nitrogen and oxygen atoms in total. The molecule has 0 spiro atoms. The molecule has 6 heteroatoms. The molecule has 1 saturated heterocycles. The van der Waals surface area contributed by atoms with Crippen LogP contribution in [-0.2, 0) is 14.6 Å². The molecule has 106 valence electrons. The molecule has 1 fully saturated rings. The number of sulfone groups is 1. The number of morpholine rings is 1.